The van der Waals surface area contributed by atoms with Crippen molar-refractivity contribution < 1.29 is 19.1 Å². The Labute approximate surface area is 151 Å². The van der Waals surface area contributed by atoms with Gasteiger partial charge >= 0.3 is 5.97 Å². The van der Waals surface area contributed by atoms with E-state index in [1.165, 1.54) is 25.3 Å². The minimum absolute atomic E-state index is 0.217. The number of hydrogen-bond acceptors (Lipinski definition) is 5. The molecule has 0 aliphatic carbocycles. The summed E-state index contributed by atoms with van der Waals surface area (Å²) in [6.45, 7) is -0.217. The summed E-state index contributed by atoms with van der Waals surface area (Å²) in [7, 11) is 1.24. The normalized spacial score (nSPS) is 10.1. The molecule has 0 bridgehead atoms. The third-order valence-corrected chi connectivity index (χ3v) is 4.41. The fourth-order valence-corrected chi connectivity index (χ4v) is 3.18. The third kappa shape index (κ3) is 4.70. The molecule has 2 aromatic rings. The Balaban J connectivity index is 1.99. The minimum atomic E-state index is -0.543. The maximum Gasteiger partial charge on any atom is 0.325 e. The van der Waals surface area contributed by atoms with Gasteiger partial charge in [0.2, 0.25) is 0 Å². The van der Waals surface area contributed by atoms with E-state index in [0.717, 1.165) is 11.3 Å². The second-order valence-electron chi connectivity index (χ2n) is 4.53. The molecule has 0 fully saturated rings. The molecule has 1 heterocycles. The van der Waals surface area contributed by atoms with Gasteiger partial charge in [0.1, 0.15) is 10.9 Å². The first-order chi connectivity index (χ1) is 11.4. The number of thiophene rings is 1. The topological polar surface area (TPSA) is 84.5 Å². The monoisotopic (exact) mass is 386 g/mol. The van der Waals surface area contributed by atoms with Crippen molar-refractivity contribution in [3.8, 4) is 0 Å². The molecular formula is C15H12Cl2N2O4S. The zero-order valence-electron chi connectivity index (χ0n) is 12.4. The molecule has 1 aromatic heterocycles. The Kier molecular flexibility index (Phi) is 6.19. The fraction of sp³-hybridized carbons (Fsp3) is 0.133. The lowest BCUT2D eigenvalue weighted by Gasteiger charge is -2.07. The van der Waals surface area contributed by atoms with Crippen LogP contribution in [-0.4, -0.2) is 31.4 Å². The summed E-state index contributed by atoms with van der Waals surface area (Å²) in [6, 6.07) is 7.65. The lowest BCUT2D eigenvalue weighted by Crippen LogP contribution is -2.30. The maximum absolute atomic E-state index is 12.1. The van der Waals surface area contributed by atoms with Crippen LogP contribution < -0.4 is 10.6 Å². The minimum Gasteiger partial charge on any atom is -0.468 e. The zero-order chi connectivity index (χ0) is 17.7. The molecule has 0 aliphatic heterocycles. The second kappa shape index (κ2) is 8.14. The first-order valence-electron chi connectivity index (χ1n) is 6.62. The smallest absolute Gasteiger partial charge is 0.325 e. The lowest BCUT2D eigenvalue weighted by molar-refractivity contribution is -0.139. The highest BCUT2D eigenvalue weighted by atomic mass is 35.5. The summed E-state index contributed by atoms with van der Waals surface area (Å²) in [6.07, 6.45) is 0. The van der Waals surface area contributed by atoms with Gasteiger partial charge in [-0.15, -0.1) is 11.3 Å². The summed E-state index contributed by atoms with van der Waals surface area (Å²) in [5.41, 5.74) is 1.11. The van der Waals surface area contributed by atoms with Gasteiger partial charge in [0, 0.05) is 11.3 Å². The molecule has 126 valence electrons. The molecule has 1 aromatic carbocycles. The quantitative estimate of drug-likeness (QED) is 0.772. The van der Waals surface area contributed by atoms with Gasteiger partial charge in [-0.3, -0.25) is 14.4 Å². The van der Waals surface area contributed by atoms with Gasteiger partial charge in [0.05, 0.1) is 17.0 Å². The molecule has 2 amide bonds. The van der Waals surface area contributed by atoms with E-state index in [9.17, 15) is 14.4 Å². The predicted molar refractivity (Wildman–Crippen MR) is 93.1 cm³/mol. The van der Waals surface area contributed by atoms with Crippen LogP contribution in [0.15, 0.2) is 30.3 Å². The summed E-state index contributed by atoms with van der Waals surface area (Å²) in [4.78, 5) is 34.9. The Hall–Kier alpha value is -2.09. The maximum atomic E-state index is 12.1. The van der Waals surface area contributed by atoms with Crippen molar-refractivity contribution in [2.45, 2.75) is 0 Å². The van der Waals surface area contributed by atoms with Crippen LogP contribution >= 0.6 is 34.5 Å². The van der Waals surface area contributed by atoms with Crippen molar-refractivity contribution in [3.63, 3.8) is 0 Å². The molecule has 9 heteroatoms. The first kappa shape index (κ1) is 18.3. The van der Waals surface area contributed by atoms with Crippen molar-refractivity contribution >= 4 is 58.0 Å². The summed E-state index contributed by atoms with van der Waals surface area (Å²) < 4.78 is 5.15. The molecule has 0 atom stereocenters. The number of carbonyl (C=O) groups is 3. The Bertz CT molecular complexity index is 774. The highest BCUT2D eigenvalue weighted by Gasteiger charge is 2.15. The van der Waals surface area contributed by atoms with E-state index >= 15 is 0 Å². The molecule has 0 radical (unpaired) electrons. The van der Waals surface area contributed by atoms with Gasteiger partial charge < -0.3 is 15.4 Å². The van der Waals surface area contributed by atoms with Gasteiger partial charge in [-0.1, -0.05) is 23.2 Å². The van der Waals surface area contributed by atoms with E-state index in [1.54, 1.807) is 12.1 Å². The van der Waals surface area contributed by atoms with E-state index in [0.29, 0.717) is 19.9 Å². The van der Waals surface area contributed by atoms with Crippen LogP contribution in [0.4, 0.5) is 5.69 Å². The average molecular weight is 387 g/mol. The van der Waals surface area contributed by atoms with Crippen molar-refractivity contribution in [1.29, 1.82) is 0 Å². The molecule has 0 saturated carbocycles. The van der Waals surface area contributed by atoms with Crippen molar-refractivity contribution in [1.82, 2.24) is 5.32 Å². The molecular weight excluding hydrogens is 375 g/mol. The fourth-order valence-electron chi connectivity index (χ4n) is 1.73. The summed E-state index contributed by atoms with van der Waals surface area (Å²) in [5.74, 6) is -1.37. The second-order valence-corrected chi connectivity index (χ2v) is 6.81. The van der Waals surface area contributed by atoms with E-state index in [2.05, 4.69) is 15.4 Å². The molecule has 24 heavy (non-hydrogen) atoms. The van der Waals surface area contributed by atoms with Crippen LogP contribution in [0.25, 0.3) is 0 Å². The Morgan fingerprint density at radius 1 is 1.12 bits per heavy atom. The van der Waals surface area contributed by atoms with Gasteiger partial charge in [0.25, 0.3) is 11.8 Å². The number of hydrogen-bond donors (Lipinski definition) is 2. The van der Waals surface area contributed by atoms with Gasteiger partial charge in [-0.25, -0.2) is 0 Å². The molecule has 2 N–H and O–H groups in total. The first-order valence-corrected chi connectivity index (χ1v) is 8.19. The molecule has 6 nitrogen and oxygen atoms in total. The number of rotatable bonds is 5. The molecule has 0 saturated heterocycles. The van der Waals surface area contributed by atoms with Gasteiger partial charge in [-0.05, 0) is 30.3 Å². The Morgan fingerprint density at radius 2 is 1.79 bits per heavy atom. The standard InChI is InChI=1S/C15H12Cl2N2O4S/c1-23-12(20)7-18-14(21)8-2-4-9(5-3-8)19-15(22)10-6-11(16)24-13(10)17/h2-6H,7H2,1H3,(H,18,21)(H,19,22). The van der Waals surface area contributed by atoms with E-state index < -0.39 is 17.8 Å². The molecule has 2 rings (SSSR count). The number of ether oxygens (including phenoxy) is 1. The third-order valence-electron chi connectivity index (χ3n) is 2.93. The van der Waals surface area contributed by atoms with Crippen LogP contribution in [0.5, 0.6) is 0 Å². The summed E-state index contributed by atoms with van der Waals surface area (Å²) >= 11 is 12.8. The lowest BCUT2D eigenvalue weighted by atomic mass is 10.2. The number of anilines is 1. The summed E-state index contributed by atoms with van der Waals surface area (Å²) in [5, 5.41) is 5.07. The number of esters is 1. The highest BCUT2D eigenvalue weighted by molar-refractivity contribution is 7.20. The SMILES string of the molecule is COC(=O)CNC(=O)c1ccc(NC(=O)c2cc(Cl)sc2Cl)cc1. The highest BCUT2D eigenvalue weighted by Crippen LogP contribution is 2.31. The molecule has 0 aliphatic rings. The van der Waals surface area contributed by atoms with Crippen LogP contribution in [-0.2, 0) is 9.53 Å². The van der Waals surface area contributed by atoms with Crippen LogP contribution in [0, 0.1) is 0 Å². The predicted octanol–water partition coefficient (Wildman–Crippen LogP) is 3.21. The van der Waals surface area contributed by atoms with Gasteiger partial charge in [0.15, 0.2) is 0 Å². The number of benzene rings is 1. The number of methoxy groups -OCH3 is 1. The van der Waals surface area contributed by atoms with Crippen LogP contribution in [0.2, 0.25) is 8.67 Å². The zero-order valence-corrected chi connectivity index (χ0v) is 14.7. The Morgan fingerprint density at radius 3 is 2.33 bits per heavy atom. The van der Waals surface area contributed by atoms with E-state index in [-0.39, 0.29) is 12.1 Å². The average Bonchev–Trinajstić information content (AvgIpc) is 2.91. The van der Waals surface area contributed by atoms with Crippen molar-refractivity contribution in [2.75, 3.05) is 19.0 Å². The number of carbonyl (C=O) groups excluding carboxylic acids is 3. The van der Waals surface area contributed by atoms with E-state index in [4.69, 9.17) is 23.2 Å². The number of halogens is 2. The molecule has 0 unspecified atom stereocenters. The van der Waals surface area contributed by atoms with Crippen LogP contribution in [0.3, 0.4) is 0 Å². The van der Waals surface area contributed by atoms with Crippen molar-refractivity contribution in [3.05, 3.63) is 50.1 Å². The number of amides is 2. The number of nitrogens with one attached hydrogen (secondary N) is 2. The molecule has 0 spiro atoms. The van der Waals surface area contributed by atoms with Gasteiger partial charge in [-0.2, -0.15) is 0 Å². The van der Waals surface area contributed by atoms with E-state index in [1.807, 2.05) is 0 Å². The largest absolute Gasteiger partial charge is 0.468 e. The van der Waals surface area contributed by atoms with Crippen molar-refractivity contribution in [2.24, 2.45) is 0 Å². The van der Waals surface area contributed by atoms with Crippen LogP contribution in [0.1, 0.15) is 20.7 Å².